The molecule has 0 aliphatic heterocycles. The van der Waals surface area contributed by atoms with E-state index in [2.05, 4.69) is 10.3 Å². The zero-order chi connectivity index (χ0) is 12.4. The lowest BCUT2D eigenvalue weighted by Gasteiger charge is -2.00. The van der Waals surface area contributed by atoms with E-state index in [0.29, 0.717) is 11.5 Å². The number of nitrogens with zero attached hydrogens (tertiary/aromatic N) is 1. The minimum Gasteiger partial charge on any atom is -0.428 e. The lowest BCUT2D eigenvalue weighted by Crippen LogP contribution is -2.12. The summed E-state index contributed by atoms with van der Waals surface area (Å²) in [6, 6.07) is 5.53. The second-order valence-electron chi connectivity index (χ2n) is 3.63. The molecule has 1 heterocycles. The number of carbonyl (C=O) groups is 1. The second kappa shape index (κ2) is 4.37. The highest BCUT2D eigenvalue weighted by Gasteiger charge is 2.11. The fraction of sp³-hybridized carbons (Fsp3) is 0.167. The summed E-state index contributed by atoms with van der Waals surface area (Å²) in [5.41, 5.74) is 0.929. The van der Waals surface area contributed by atoms with Crippen molar-refractivity contribution in [3.05, 3.63) is 47.1 Å². The van der Waals surface area contributed by atoms with Gasteiger partial charge in [-0.1, -0.05) is 6.07 Å². The van der Waals surface area contributed by atoms with Gasteiger partial charge in [-0.15, -0.1) is 0 Å². The van der Waals surface area contributed by atoms with Gasteiger partial charge in [0.15, 0.2) is 0 Å². The molecule has 2 rings (SSSR count). The van der Waals surface area contributed by atoms with Crippen molar-refractivity contribution < 1.29 is 13.6 Å². The molecule has 17 heavy (non-hydrogen) atoms. The topological polar surface area (TPSA) is 55.1 Å². The quantitative estimate of drug-likeness (QED) is 0.869. The summed E-state index contributed by atoms with van der Waals surface area (Å²) < 4.78 is 18.1. The second-order valence-corrected chi connectivity index (χ2v) is 3.63. The number of rotatable bonds is 2. The molecule has 0 atom stereocenters. The number of aryl methyl sites for hydroxylation is 2. The van der Waals surface area contributed by atoms with Gasteiger partial charge in [-0.25, -0.2) is 4.39 Å². The third kappa shape index (κ3) is 2.50. The average Bonchev–Trinajstić information content (AvgIpc) is 2.58. The van der Waals surface area contributed by atoms with E-state index in [1.807, 2.05) is 0 Å². The van der Waals surface area contributed by atoms with E-state index in [-0.39, 0.29) is 11.6 Å². The summed E-state index contributed by atoms with van der Waals surface area (Å²) in [6.07, 6.45) is 0. The normalized spacial score (nSPS) is 10.3. The standard InChI is InChI=1S/C12H11FN2O2/c1-7-8(2)17-12(14-7)15-11(16)9-4-3-5-10(13)6-9/h3-6H,1-2H3,(H,14,15,16). The number of aromatic nitrogens is 1. The van der Waals surface area contributed by atoms with Crippen molar-refractivity contribution in [3.8, 4) is 0 Å². The van der Waals surface area contributed by atoms with E-state index in [9.17, 15) is 9.18 Å². The molecule has 0 saturated heterocycles. The van der Waals surface area contributed by atoms with Crippen molar-refractivity contribution in [1.82, 2.24) is 4.98 Å². The molecule has 1 N–H and O–H groups in total. The van der Waals surface area contributed by atoms with Crippen molar-refractivity contribution in [2.75, 3.05) is 5.32 Å². The highest BCUT2D eigenvalue weighted by molar-refractivity contribution is 6.03. The Morgan fingerprint density at radius 1 is 1.41 bits per heavy atom. The maximum Gasteiger partial charge on any atom is 0.302 e. The number of halogens is 1. The minimum atomic E-state index is -0.461. The van der Waals surface area contributed by atoms with Gasteiger partial charge in [0.05, 0.1) is 5.69 Å². The van der Waals surface area contributed by atoms with Gasteiger partial charge in [0.2, 0.25) is 0 Å². The maximum absolute atomic E-state index is 12.9. The Morgan fingerprint density at radius 2 is 2.18 bits per heavy atom. The first-order chi connectivity index (χ1) is 8.06. The minimum absolute atomic E-state index is 0.120. The molecule has 0 aliphatic rings. The van der Waals surface area contributed by atoms with Gasteiger partial charge in [0.1, 0.15) is 11.6 Å². The fourth-order valence-corrected chi connectivity index (χ4v) is 1.33. The average molecular weight is 234 g/mol. The lowest BCUT2D eigenvalue weighted by atomic mass is 10.2. The summed E-state index contributed by atoms with van der Waals surface area (Å²) in [7, 11) is 0. The van der Waals surface area contributed by atoms with Crippen LogP contribution in [0.2, 0.25) is 0 Å². The van der Waals surface area contributed by atoms with Crippen LogP contribution in [0.3, 0.4) is 0 Å². The zero-order valence-corrected chi connectivity index (χ0v) is 9.45. The van der Waals surface area contributed by atoms with E-state index in [4.69, 9.17) is 4.42 Å². The molecule has 2 aromatic rings. The number of amides is 1. The number of anilines is 1. The maximum atomic E-state index is 12.9. The number of nitrogens with one attached hydrogen (secondary N) is 1. The molecule has 1 aromatic carbocycles. The van der Waals surface area contributed by atoms with Crippen molar-refractivity contribution in [1.29, 1.82) is 0 Å². The van der Waals surface area contributed by atoms with E-state index in [1.165, 1.54) is 18.2 Å². The summed E-state index contributed by atoms with van der Waals surface area (Å²) in [6.45, 7) is 3.52. The van der Waals surface area contributed by atoms with Crippen LogP contribution < -0.4 is 5.32 Å². The molecule has 1 aromatic heterocycles. The summed E-state index contributed by atoms with van der Waals surface area (Å²) in [4.78, 5) is 15.7. The third-order valence-corrected chi connectivity index (χ3v) is 2.34. The molecular formula is C12H11FN2O2. The first kappa shape index (κ1) is 11.3. The number of oxazole rings is 1. The Labute approximate surface area is 97.5 Å². The molecule has 0 radical (unpaired) electrons. The Kier molecular flexibility index (Phi) is 2.91. The van der Waals surface area contributed by atoms with Crippen LogP contribution in [-0.2, 0) is 0 Å². The highest BCUT2D eigenvalue weighted by atomic mass is 19.1. The summed E-state index contributed by atoms with van der Waals surface area (Å²) in [5.74, 6) is -0.275. The molecule has 0 aliphatic carbocycles. The smallest absolute Gasteiger partial charge is 0.302 e. The number of hydrogen-bond donors (Lipinski definition) is 1. The van der Waals surface area contributed by atoms with E-state index in [1.54, 1.807) is 13.8 Å². The fourth-order valence-electron chi connectivity index (χ4n) is 1.33. The lowest BCUT2D eigenvalue weighted by molar-refractivity contribution is 0.102. The van der Waals surface area contributed by atoms with Crippen molar-refractivity contribution in [2.45, 2.75) is 13.8 Å². The molecule has 0 bridgehead atoms. The van der Waals surface area contributed by atoms with Crippen LogP contribution in [-0.4, -0.2) is 10.9 Å². The Bertz CT molecular complexity index is 544. The molecule has 88 valence electrons. The Morgan fingerprint density at radius 3 is 2.76 bits per heavy atom. The largest absolute Gasteiger partial charge is 0.428 e. The van der Waals surface area contributed by atoms with Gasteiger partial charge in [0.25, 0.3) is 5.91 Å². The van der Waals surface area contributed by atoms with E-state index in [0.717, 1.165) is 6.07 Å². The van der Waals surface area contributed by atoms with Crippen LogP contribution >= 0.6 is 0 Å². The Balaban J connectivity index is 2.17. The van der Waals surface area contributed by atoms with Crippen molar-refractivity contribution in [3.63, 3.8) is 0 Å². The van der Waals surface area contributed by atoms with Crippen LogP contribution in [0.25, 0.3) is 0 Å². The van der Waals surface area contributed by atoms with E-state index >= 15 is 0 Å². The van der Waals surface area contributed by atoms with Crippen molar-refractivity contribution >= 4 is 11.9 Å². The highest BCUT2D eigenvalue weighted by Crippen LogP contribution is 2.14. The predicted molar refractivity (Wildman–Crippen MR) is 60.3 cm³/mol. The molecule has 0 unspecified atom stereocenters. The molecule has 0 fully saturated rings. The molecule has 5 heteroatoms. The van der Waals surface area contributed by atoms with E-state index < -0.39 is 11.7 Å². The van der Waals surface area contributed by atoms with Gasteiger partial charge < -0.3 is 4.42 Å². The summed E-state index contributed by atoms with van der Waals surface area (Å²) >= 11 is 0. The third-order valence-electron chi connectivity index (χ3n) is 2.34. The van der Waals surface area contributed by atoms with Gasteiger partial charge >= 0.3 is 6.01 Å². The van der Waals surface area contributed by atoms with Crippen LogP contribution in [0.15, 0.2) is 28.7 Å². The van der Waals surface area contributed by atoms with Crippen LogP contribution in [0.4, 0.5) is 10.4 Å². The van der Waals surface area contributed by atoms with Gasteiger partial charge in [0, 0.05) is 5.56 Å². The van der Waals surface area contributed by atoms with Gasteiger partial charge in [-0.05, 0) is 32.0 Å². The summed E-state index contributed by atoms with van der Waals surface area (Å²) in [5, 5.41) is 2.46. The monoisotopic (exact) mass is 234 g/mol. The molecule has 1 amide bonds. The Hall–Kier alpha value is -2.17. The first-order valence-corrected chi connectivity index (χ1v) is 5.07. The molecule has 4 nitrogen and oxygen atoms in total. The van der Waals surface area contributed by atoms with Crippen LogP contribution in [0.5, 0.6) is 0 Å². The van der Waals surface area contributed by atoms with Crippen molar-refractivity contribution in [2.24, 2.45) is 0 Å². The molecular weight excluding hydrogens is 223 g/mol. The molecule has 0 saturated carbocycles. The van der Waals surface area contributed by atoms with Crippen LogP contribution in [0, 0.1) is 19.7 Å². The molecule has 0 spiro atoms. The van der Waals surface area contributed by atoms with Gasteiger partial charge in [-0.2, -0.15) is 4.98 Å². The number of benzene rings is 1. The zero-order valence-electron chi connectivity index (χ0n) is 9.45. The number of carbonyl (C=O) groups excluding carboxylic acids is 1. The van der Waals surface area contributed by atoms with Crippen LogP contribution in [0.1, 0.15) is 21.8 Å². The first-order valence-electron chi connectivity index (χ1n) is 5.07. The van der Waals surface area contributed by atoms with Gasteiger partial charge in [-0.3, -0.25) is 10.1 Å². The number of hydrogen-bond acceptors (Lipinski definition) is 3. The SMILES string of the molecule is Cc1nc(NC(=O)c2cccc(F)c2)oc1C. The predicted octanol–water partition coefficient (Wildman–Crippen LogP) is 2.68.